The number of nitrogens with one attached hydrogen (secondary N) is 2. The van der Waals surface area contributed by atoms with E-state index in [9.17, 15) is 18.0 Å². The van der Waals surface area contributed by atoms with Crippen molar-refractivity contribution in [3.05, 3.63) is 95.2 Å². The fourth-order valence-electron chi connectivity index (χ4n) is 5.03. The summed E-state index contributed by atoms with van der Waals surface area (Å²) < 4.78 is 61.1. The van der Waals surface area contributed by atoms with Gasteiger partial charge in [0.05, 0.1) is 29.5 Å². The predicted molar refractivity (Wildman–Crippen MR) is 141 cm³/mol. The number of ether oxygens (including phenoxy) is 3. The summed E-state index contributed by atoms with van der Waals surface area (Å²) in [5.74, 6) is -2.44. The van der Waals surface area contributed by atoms with Crippen LogP contribution in [-0.4, -0.2) is 34.1 Å². The lowest BCUT2D eigenvalue weighted by molar-refractivity contribution is -0.142. The third-order valence-corrected chi connectivity index (χ3v) is 7.12. The number of aromatic amines is 2. The second-order valence-corrected chi connectivity index (χ2v) is 9.73. The second-order valence-electron chi connectivity index (χ2n) is 9.73. The molecule has 0 unspecified atom stereocenters. The van der Waals surface area contributed by atoms with E-state index in [0.717, 1.165) is 17.7 Å². The summed E-state index contributed by atoms with van der Waals surface area (Å²) in [6.45, 7) is 4.27. The van der Waals surface area contributed by atoms with Gasteiger partial charge >= 0.3 is 5.97 Å². The van der Waals surface area contributed by atoms with Crippen LogP contribution in [0.15, 0.2) is 60.9 Å². The van der Waals surface area contributed by atoms with E-state index < -0.39 is 28.6 Å². The van der Waals surface area contributed by atoms with Gasteiger partial charge in [0.1, 0.15) is 29.7 Å². The number of halogens is 3. The largest absolute Gasteiger partial charge is 0.492 e. The quantitative estimate of drug-likeness (QED) is 0.225. The minimum atomic E-state index is -0.895. The van der Waals surface area contributed by atoms with E-state index >= 15 is 0 Å². The normalized spacial score (nSPS) is 16.1. The fourth-order valence-corrected chi connectivity index (χ4v) is 5.03. The average molecular weight is 548 g/mol. The van der Waals surface area contributed by atoms with Crippen molar-refractivity contribution in [2.75, 3.05) is 13.2 Å². The van der Waals surface area contributed by atoms with Gasteiger partial charge in [-0.3, -0.25) is 4.79 Å². The molecule has 5 aromatic rings. The van der Waals surface area contributed by atoms with Gasteiger partial charge in [-0.15, -0.1) is 0 Å². The molecule has 7 nitrogen and oxygen atoms in total. The maximum Gasteiger partial charge on any atom is 0.310 e. The first-order valence-electron chi connectivity index (χ1n) is 12.7. The van der Waals surface area contributed by atoms with Gasteiger partial charge in [-0.1, -0.05) is 18.2 Å². The number of carbonyl (C=O) groups is 1. The summed E-state index contributed by atoms with van der Waals surface area (Å²) in [6.07, 6.45) is 3.17. The minimum absolute atomic E-state index is 0.0337. The van der Waals surface area contributed by atoms with E-state index in [1.54, 1.807) is 13.1 Å². The highest BCUT2D eigenvalue weighted by Gasteiger charge is 2.41. The zero-order valence-corrected chi connectivity index (χ0v) is 21.6. The third kappa shape index (κ3) is 4.25. The highest BCUT2D eigenvalue weighted by atomic mass is 19.1. The number of fused-ring (bicyclic) bond motifs is 2. The molecule has 0 fully saturated rings. The first-order chi connectivity index (χ1) is 19.3. The number of para-hydroxylation sites is 1. The van der Waals surface area contributed by atoms with Crippen molar-refractivity contribution >= 4 is 16.9 Å². The van der Waals surface area contributed by atoms with Gasteiger partial charge in [-0.25, -0.2) is 18.2 Å². The van der Waals surface area contributed by atoms with Gasteiger partial charge < -0.3 is 24.2 Å². The Labute approximate surface area is 226 Å². The van der Waals surface area contributed by atoms with Crippen LogP contribution in [-0.2, 0) is 21.4 Å². The lowest BCUT2D eigenvalue weighted by atomic mass is 9.81. The van der Waals surface area contributed by atoms with Crippen molar-refractivity contribution in [2.24, 2.45) is 0 Å². The Bertz CT molecular complexity index is 1760. The third-order valence-electron chi connectivity index (χ3n) is 7.12. The Morgan fingerprint density at radius 3 is 2.80 bits per heavy atom. The topological polar surface area (TPSA) is 89.2 Å². The first-order valence-corrected chi connectivity index (χ1v) is 12.7. The second kappa shape index (κ2) is 9.78. The van der Waals surface area contributed by atoms with Gasteiger partial charge in [0.25, 0.3) is 0 Å². The SMILES string of the molecule is CCOC(=O)Cc1cccc2c1OC[C@]2(C)c1cnc(-c2cc(Oc3c(F)cc4[nH]ccc4c3F)ccc2F)[nH]1. The molecule has 3 heterocycles. The molecule has 2 N–H and O–H groups in total. The van der Waals surface area contributed by atoms with Gasteiger partial charge in [0.2, 0.25) is 0 Å². The van der Waals surface area contributed by atoms with Crippen molar-refractivity contribution in [3.63, 3.8) is 0 Å². The summed E-state index contributed by atoms with van der Waals surface area (Å²) >= 11 is 0. The van der Waals surface area contributed by atoms with Crippen LogP contribution in [0.4, 0.5) is 13.2 Å². The van der Waals surface area contributed by atoms with E-state index in [4.69, 9.17) is 14.2 Å². The van der Waals surface area contributed by atoms with Crippen molar-refractivity contribution in [3.8, 4) is 28.6 Å². The number of imidazole rings is 1. The minimum Gasteiger partial charge on any atom is -0.492 e. The molecule has 1 aliphatic heterocycles. The van der Waals surface area contributed by atoms with Gasteiger partial charge in [-0.2, -0.15) is 0 Å². The number of nitrogens with zero attached hydrogens (tertiary/aromatic N) is 1. The van der Waals surface area contributed by atoms with E-state index in [1.807, 2.05) is 25.1 Å². The molecule has 0 aliphatic carbocycles. The number of H-pyrrole nitrogens is 2. The highest BCUT2D eigenvalue weighted by Crippen LogP contribution is 2.45. The number of hydrogen-bond acceptors (Lipinski definition) is 5. The summed E-state index contributed by atoms with van der Waals surface area (Å²) in [5, 5.41) is 0.173. The van der Waals surface area contributed by atoms with E-state index in [0.29, 0.717) is 22.5 Å². The number of benzene rings is 3. The maximum atomic E-state index is 14.9. The Balaban J connectivity index is 1.31. The molecule has 0 amide bonds. The predicted octanol–water partition coefficient (Wildman–Crippen LogP) is 6.57. The molecule has 204 valence electrons. The number of carbonyl (C=O) groups excluding carboxylic acids is 1. The molecular formula is C30H24F3N3O4. The lowest BCUT2D eigenvalue weighted by Crippen LogP contribution is -2.25. The maximum absolute atomic E-state index is 14.9. The highest BCUT2D eigenvalue weighted by molar-refractivity contribution is 5.82. The van der Waals surface area contributed by atoms with E-state index in [1.165, 1.54) is 24.4 Å². The van der Waals surface area contributed by atoms with Crippen LogP contribution in [0.2, 0.25) is 0 Å². The molecule has 1 aliphatic rings. The van der Waals surface area contributed by atoms with Crippen molar-refractivity contribution in [1.29, 1.82) is 0 Å². The molecule has 0 saturated carbocycles. The lowest BCUT2D eigenvalue weighted by Gasteiger charge is -2.21. The number of aromatic nitrogens is 3. The van der Waals surface area contributed by atoms with Crippen LogP contribution < -0.4 is 9.47 Å². The Kier molecular flexibility index (Phi) is 6.25. The van der Waals surface area contributed by atoms with Gasteiger partial charge in [0, 0.05) is 40.7 Å². The van der Waals surface area contributed by atoms with E-state index in [-0.39, 0.29) is 48.1 Å². The van der Waals surface area contributed by atoms with Crippen LogP contribution in [0.3, 0.4) is 0 Å². The summed E-state index contributed by atoms with van der Waals surface area (Å²) in [4.78, 5) is 22.4. The number of hydrogen-bond donors (Lipinski definition) is 2. The average Bonchev–Trinajstić information content (AvgIpc) is 3.68. The standard InChI is InChI=1S/C30H24F3N3O4/c1-3-38-25(37)11-16-5-4-6-20-27(16)39-15-30(20,2)24-14-35-29(36-24)19-12-17(7-8-21(19)31)40-28-22(32)13-23-18(26(28)33)9-10-34-23/h4-10,12-14,34H,3,11,15H2,1-2H3,(H,35,36)/t30-/m0/s1. The monoisotopic (exact) mass is 547 g/mol. The molecule has 0 bridgehead atoms. The number of esters is 1. The molecule has 6 rings (SSSR count). The summed E-state index contributed by atoms with van der Waals surface area (Å²) in [5.41, 5.74) is 1.93. The van der Waals surface area contributed by atoms with Crippen molar-refractivity contribution < 1.29 is 32.2 Å². The van der Waals surface area contributed by atoms with Crippen molar-refractivity contribution in [2.45, 2.75) is 25.7 Å². The van der Waals surface area contributed by atoms with Gasteiger partial charge in [-0.05, 0) is 38.1 Å². The molecule has 0 spiro atoms. The molecule has 1 atom stereocenters. The van der Waals surface area contributed by atoms with E-state index in [2.05, 4.69) is 15.0 Å². The summed E-state index contributed by atoms with van der Waals surface area (Å²) in [7, 11) is 0. The Hall–Kier alpha value is -4.73. The molecule has 10 heteroatoms. The number of rotatable bonds is 7. The Morgan fingerprint density at radius 1 is 1.12 bits per heavy atom. The van der Waals surface area contributed by atoms with Crippen LogP contribution in [0.25, 0.3) is 22.3 Å². The van der Waals surface area contributed by atoms with Gasteiger partial charge in [0.15, 0.2) is 17.4 Å². The Morgan fingerprint density at radius 2 is 1.98 bits per heavy atom. The van der Waals surface area contributed by atoms with Crippen LogP contribution >= 0.6 is 0 Å². The summed E-state index contributed by atoms with van der Waals surface area (Å²) in [6, 6.07) is 12.0. The molecular weight excluding hydrogens is 523 g/mol. The first kappa shape index (κ1) is 25.5. The zero-order valence-electron chi connectivity index (χ0n) is 21.6. The fraction of sp³-hybridized carbons (Fsp3) is 0.200. The molecule has 3 aromatic carbocycles. The zero-order chi connectivity index (χ0) is 28.0. The van der Waals surface area contributed by atoms with Crippen LogP contribution in [0.1, 0.15) is 30.7 Å². The van der Waals surface area contributed by atoms with Crippen molar-refractivity contribution in [1.82, 2.24) is 15.0 Å². The molecule has 0 radical (unpaired) electrons. The van der Waals surface area contributed by atoms with Crippen LogP contribution in [0.5, 0.6) is 17.2 Å². The molecule has 40 heavy (non-hydrogen) atoms. The molecule has 0 saturated heterocycles. The van der Waals surface area contributed by atoms with Crippen LogP contribution in [0, 0.1) is 17.5 Å². The molecule has 2 aromatic heterocycles. The smallest absolute Gasteiger partial charge is 0.310 e.